The third kappa shape index (κ3) is 4.78. The molecule has 0 aliphatic carbocycles. The topological polar surface area (TPSA) is 113 Å². The molecule has 2 aliphatic heterocycles. The molecule has 0 amide bonds. The maximum absolute atomic E-state index is 11.1. The summed E-state index contributed by atoms with van der Waals surface area (Å²) in [5.74, 6) is 1.15. The molecule has 0 spiro atoms. The Hall–Kier alpha value is -5.54. The Kier molecular flexibility index (Phi) is 6.53. The van der Waals surface area contributed by atoms with E-state index in [0.29, 0.717) is 35.6 Å². The van der Waals surface area contributed by atoms with Crippen LogP contribution in [0.2, 0.25) is 0 Å². The minimum atomic E-state index is 0.0359. The molecule has 2 atom stereocenters. The van der Waals surface area contributed by atoms with Gasteiger partial charge in [0.05, 0.1) is 16.8 Å². The second-order valence-corrected chi connectivity index (χ2v) is 11.8. The van der Waals surface area contributed by atoms with E-state index in [1.165, 1.54) is 5.56 Å². The summed E-state index contributed by atoms with van der Waals surface area (Å²) in [5, 5.41) is 10.2. The van der Waals surface area contributed by atoms with E-state index in [-0.39, 0.29) is 5.75 Å². The number of aromatic hydroxyl groups is 1. The first kappa shape index (κ1) is 27.0. The van der Waals surface area contributed by atoms with E-state index in [1.807, 2.05) is 48.5 Å². The SMILES string of the molecule is Nc1ncccc1-c1nc2ccc(-c3ccccc3)nc2n1-c1ccc(CN2C[C@H]3C[C@@H]2CN3c2ccc(C=O)c(O)c2)cc1. The number of fused-ring (bicyclic) bond motifs is 3. The van der Waals surface area contributed by atoms with Gasteiger partial charge in [-0.3, -0.25) is 14.3 Å². The summed E-state index contributed by atoms with van der Waals surface area (Å²) < 4.78 is 2.07. The number of phenols is 1. The standard InChI is InChI=1S/C36H31N7O2/c37-34-30(7-4-16-38-34)35-40-32-15-14-31(24-5-2-1-3-6-24)39-36(32)43(35)26-11-8-23(9-12-26)19-41-20-29-17-28(41)21-42(29)27-13-10-25(22-44)33(45)18-27/h1-16,18,22,28-29,45H,17,19-21H2,(H2,37,38)/t28-,29-/m1/s1. The number of pyridine rings is 2. The van der Waals surface area contributed by atoms with Gasteiger partial charge < -0.3 is 15.7 Å². The number of phenolic OH excluding ortho intramolecular Hbond substituents is 1. The number of rotatable bonds is 7. The first-order chi connectivity index (χ1) is 22.1. The zero-order valence-electron chi connectivity index (χ0n) is 24.5. The number of carbonyl (C=O) groups excluding carboxylic acids is 1. The number of carbonyl (C=O) groups is 1. The van der Waals surface area contributed by atoms with Crippen molar-refractivity contribution in [2.24, 2.45) is 0 Å². The predicted octanol–water partition coefficient (Wildman–Crippen LogP) is 5.71. The monoisotopic (exact) mass is 593 g/mol. The van der Waals surface area contributed by atoms with Crippen LogP contribution in [0.1, 0.15) is 22.3 Å². The van der Waals surface area contributed by atoms with Crippen molar-refractivity contribution in [2.45, 2.75) is 25.0 Å². The van der Waals surface area contributed by atoms with Crippen LogP contribution in [0.25, 0.3) is 39.5 Å². The maximum Gasteiger partial charge on any atom is 0.165 e. The summed E-state index contributed by atoms with van der Waals surface area (Å²) in [4.78, 5) is 30.4. The average Bonchev–Trinajstić information content (AvgIpc) is 3.78. The second kappa shape index (κ2) is 10.9. The Morgan fingerprint density at radius 2 is 1.69 bits per heavy atom. The average molecular weight is 594 g/mol. The van der Waals surface area contributed by atoms with Crippen LogP contribution in [-0.2, 0) is 6.54 Å². The highest BCUT2D eigenvalue weighted by Crippen LogP contribution is 2.37. The van der Waals surface area contributed by atoms with Crippen molar-refractivity contribution in [3.8, 4) is 34.1 Å². The molecule has 2 saturated heterocycles. The quantitative estimate of drug-likeness (QED) is 0.226. The fourth-order valence-corrected chi connectivity index (χ4v) is 6.81. The number of anilines is 2. The van der Waals surface area contributed by atoms with Crippen LogP contribution >= 0.6 is 0 Å². The van der Waals surface area contributed by atoms with Gasteiger partial charge in [0.15, 0.2) is 17.8 Å². The predicted molar refractivity (Wildman–Crippen MR) is 175 cm³/mol. The fraction of sp³-hybridized carbons (Fsp3) is 0.167. The minimum absolute atomic E-state index is 0.0359. The van der Waals surface area contributed by atoms with E-state index in [1.54, 1.807) is 18.3 Å². The van der Waals surface area contributed by atoms with Crippen LogP contribution in [0.5, 0.6) is 5.75 Å². The van der Waals surface area contributed by atoms with Crippen LogP contribution in [0.15, 0.2) is 103 Å². The van der Waals surface area contributed by atoms with Crippen LogP contribution in [-0.4, -0.2) is 61.0 Å². The molecule has 2 fully saturated rings. The van der Waals surface area contributed by atoms with Gasteiger partial charge in [0.25, 0.3) is 0 Å². The highest BCUT2D eigenvalue weighted by atomic mass is 16.3. The number of aromatic nitrogens is 4. The lowest BCUT2D eigenvalue weighted by molar-refractivity contribution is 0.112. The van der Waals surface area contributed by atoms with E-state index in [2.05, 4.69) is 55.7 Å². The molecule has 45 heavy (non-hydrogen) atoms. The van der Waals surface area contributed by atoms with E-state index < -0.39 is 0 Å². The molecule has 2 aliphatic rings. The molecule has 9 heteroatoms. The smallest absolute Gasteiger partial charge is 0.165 e. The third-order valence-corrected chi connectivity index (χ3v) is 9.06. The number of aldehydes is 1. The molecule has 3 aromatic heterocycles. The molecule has 6 aromatic rings. The van der Waals surface area contributed by atoms with Crippen molar-refractivity contribution in [3.05, 3.63) is 114 Å². The molecule has 0 unspecified atom stereocenters. The van der Waals surface area contributed by atoms with Crippen molar-refractivity contribution in [1.29, 1.82) is 0 Å². The van der Waals surface area contributed by atoms with Crippen molar-refractivity contribution >= 4 is 29.0 Å². The lowest BCUT2D eigenvalue weighted by Crippen LogP contribution is -2.46. The molecule has 0 saturated carbocycles. The molecule has 3 aromatic carbocycles. The van der Waals surface area contributed by atoms with Gasteiger partial charge in [-0.2, -0.15) is 0 Å². The number of nitrogens with zero attached hydrogens (tertiary/aromatic N) is 6. The highest BCUT2D eigenvalue weighted by molar-refractivity contribution is 5.84. The van der Waals surface area contributed by atoms with Gasteiger partial charge in [-0.15, -0.1) is 0 Å². The van der Waals surface area contributed by atoms with Gasteiger partial charge >= 0.3 is 0 Å². The third-order valence-electron chi connectivity index (χ3n) is 9.06. The second-order valence-electron chi connectivity index (χ2n) is 11.8. The number of imidazole rings is 1. The summed E-state index contributed by atoms with van der Waals surface area (Å²) in [6.07, 6.45) is 3.45. The Morgan fingerprint density at radius 3 is 2.42 bits per heavy atom. The summed E-state index contributed by atoms with van der Waals surface area (Å²) in [6, 6.07) is 32.7. The van der Waals surface area contributed by atoms with Gasteiger partial charge in [0.2, 0.25) is 0 Å². The summed E-state index contributed by atoms with van der Waals surface area (Å²) in [5.41, 5.74) is 14.0. The summed E-state index contributed by atoms with van der Waals surface area (Å²) >= 11 is 0. The molecule has 0 radical (unpaired) electrons. The Balaban J connectivity index is 1.08. The Bertz CT molecular complexity index is 2040. The number of nitrogens with two attached hydrogens (primary N) is 1. The number of hydrogen-bond acceptors (Lipinski definition) is 8. The van der Waals surface area contributed by atoms with Gasteiger partial charge in [-0.05, 0) is 60.5 Å². The van der Waals surface area contributed by atoms with E-state index in [0.717, 1.165) is 65.4 Å². The van der Waals surface area contributed by atoms with Crippen molar-refractivity contribution in [2.75, 3.05) is 23.7 Å². The fourth-order valence-electron chi connectivity index (χ4n) is 6.81. The number of piperazine rings is 1. The largest absolute Gasteiger partial charge is 0.507 e. The first-order valence-electron chi connectivity index (χ1n) is 15.1. The van der Waals surface area contributed by atoms with Crippen LogP contribution in [0, 0.1) is 0 Å². The molecule has 222 valence electrons. The number of hydrogen-bond donors (Lipinski definition) is 2. The van der Waals surface area contributed by atoms with Crippen LogP contribution in [0.4, 0.5) is 11.5 Å². The first-order valence-corrected chi connectivity index (χ1v) is 15.1. The molecule has 5 heterocycles. The molecule has 8 rings (SSSR count). The number of likely N-dealkylation sites (tertiary alicyclic amines) is 1. The highest BCUT2D eigenvalue weighted by Gasteiger charge is 2.43. The number of nitrogen functional groups attached to an aromatic ring is 1. The number of benzene rings is 3. The van der Waals surface area contributed by atoms with Crippen molar-refractivity contribution in [1.82, 2.24) is 24.4 Å². The van der Waals surface area contributed by atoms with E-state index in [4.69, 9.17) is 15.7 Å². The van der Waals surface area contributed by atoms with Gasteiger partial charge in [-0.1, -0.05) is 42.5 Å². The molecule has 2 bridgehead atoms. The molecular weight excluding hydrogens is 562 g/mol. The lowest BCUT2D eigenvalue weighted by atomic mass is 10.1. The Labute approximate surface area is 260 Å². The molecule has 9 nitrogen and oxygen atoms in total. The van der Waals surface area contributed by atoms with Crippen LogP contribution < -0.4 is 10.6 Å². The normalized spacial score (nSPS) is 17.7. The maximum atomic E-state index is 11.1. The summed E-state index contributed by atoms with van der Waals surface area (Å²) in [6.45, 7) is 2.70. The van der Waals surface area contributed by atoms with Gasteiger partial charge in [0, 0.05) is 60.9 Å². The molecule has 3 N–H and O–H groups in total. The lowest BCUT2D eigenvalue weighted by Gasteiger charge is -2.35. The Morgan fingerprint density at radius 1 is 0.867 bits per heavy atom. The van der Waals surface area contributed by atoms with Crippen LogP contribution in [0.3, 0.4) is 0 Å². The summed E-state index contributed by atoms with van der Waals surface area (Å²) in [7, 11) is 0. The van der Waals surface area contributed by atoms with Crippen molar-refractivity contribution < 1.29 is 9.90 Å². The van der Waals surface area contributed by atoms with E-state index >= 15 is 0 Å². The van der Waals surface area contributed by atoms with Crippen molar-refractivity contribution in [3.63, 3.8) is 0 Å². The molecular formula is C36H31N7O2. The van der Waals surface area contributed by atoms with E-state index in [9.17, 15) is 9.90 Å². The van der Waals surface area contributed by atoms with Gasteiger partial charge in [0.1, 0.15) is 17.1 Å². The zero-order chi connectivity index (χ0) is 30.5. The minimum Gasteiger partial charge on any atom is -0.507 e. The zero-order valence-corrected chi connectivity index (χ0v) is 24.5. The van der Waals surface area contributed by atoms with Gasteiger partial charge in [-0.25, -0.2) is 15.0 Å².